The van der Waals surface area contributed by atoms with Crippen LogP contribution < -0.4 is 5.32 Å². The normalized spacial score (nSPS) is 18.5. The van der Waals surface area contributed by atoms with E-state index in [2.05, 4.69) is 42.3 Å². The lowest BCUT2D eigenvalue weighted by atomic mass is 9.97. The van der Waals surface area contributed by atoms with Crippen molar-refractivity contribution in [2.24, 2.45) is 5.92 Å². The van der Waals surface area contributed by atoms with E-state index in [0.717, 1.165) is 25.0 Å². The van der Waals surface area contributed by atoms with Gasteiger partial charge in [0.25, 0.3) is 0 Å². The molecule has 1 aliphatic heterocycles. The molecule has 0 unspecified atom stereocenters. The summed E-state index contributed by atoms with van der Waals surface area (Å²) >= 11 is 0. The molecule has 0 aromatic heterocycles. The molecule has 2 nitrogen and oxygen atoms in total. The van der Waals surface area contributed by atoms with E-state index in [1.165, 1.54) is 37.9 Å². The second-order valence-electron chi connectivity index (χ2n) is 6.53. The van der Waals surface area contributed by atoms with Crippen LogP contribution in [0.3, 0.4) is 0 Å². The summed E-state index contributed by atoms with van der Waals surface area (Å²) in [7, 11) is 0. The Morgan fingerprint density at radius 1 is 1.32 bits per heavy atom. The minimum absolute atomic E-state index is 0.762. The summed E-state index contributed by atoms with van der Waals surface area (Å²) in [6.45, 7) is 8.18. The van der Waals surface area contributed by atoms with E-state index >= 15 is 0 Å². The summed E-state index contributed by atoms with van der Waals surface area (Å²) < 4.78 is 0. The molecular weight excluding hydrogens is 232 g/mol. The fourth-order valence-electron chi connectivity index (χ4n) is 3.20. The molecule has 0 amide bonds. The zero-order valence-corrected chi connectivity index (χ0v) is 12.3. The summed E-state index contributed by atoms with van der Waals surface area (Å²) in [6.07, 6.45) is 5.33. The summed E-state index contributed by atoms with van der Waals surface area (Å²) in [5.41, 5.74) is 4.50. The highest BCUT2D eigenvalue weighted by Crippen LogP contribution is 2.32. The Bertz CT molecular complexity index is 435. The molecule has 1 aliphatic carbocycles. The van der Waals surface area contributed by atoms with Crippen LogP contribution in [0.25, 0.3) is 0 Å². The Hall–Kier alpha value is -1.02. The first-order valence-electron chi connectivity index (χ1n) is 7.82. The largest absolute Gasteiger partial charge is 0.385 e. The van der Waals surface area contributed by atoms with Crippen LogP contribution in [0.4, 0.5) is 5.69 Å². The van der Waals surface area contributed by atoms with Gasteiger partial charge in [-0.3, -0.25) is 4.90 Å². The number of hydrogen-bond acceptors (Lipinski definition) is 2. The summed E-state index contributed by atoms with van der Waals surface area (Å²) in [6, 6.07) is 7.64. The van der Waals surface area contributed by atoms with Gasteiger partial charge in [0.15, 0.2) is 0 Å². The smallest absolute Gasteiger partial charge is 0.0375 e. The molecule has 1 heterocycles. The van der Waals surface area contributed by atoms with Gasteiger partial charge < -0.3 is 5.32 Å². The van der Waals surface area contributed by atoms with Crippen molar-refractivity contribution >= 4 is 5.69 Å². The highest BCUT2D eigenvalue weighted by atomic mass is 15.2. The predicted octanol–water partition coefficient (Wildman–Crippen LogP) is 3.67. The highest BCUT2D eigenvalue weighted by Gasteiger charge is 2.29. The molecule has 0 atom stereocenters. The van der Waals surface area contributed by atoms with E-state index in [-0.39, 0.29) is 0 Å². The zero-order valence-electron chi connectivity index (χ0n) is 12.3. The van der Waals surface area contributed by atoms with E-state index in [1.54, 1.807) is 11.1 Å². The van der Waals surface area contributed by atoms with Crippen LogP contribution in [-0.2, 0) is 13.0 Å². The molecule has 0 bridgehead atoms. The summed E-state index contributed by atoms with van der Waals surface area (Å²) in [5, 5.41) is 3.54. The van der Waals surface area contributed by atoms with Crippen molar-refractivity contribution in [2.75, 3.05) is 18.4 Å². The first-order chi connectivity index (χ1) is 9.24. The van der Waals surface area contributed by atoms with Crippen LogP contribution in [0.1, 0.15) is 44.2 Å². The second-order valence-corrected chi connectivity index (χ2v) is 6.53. The van der Waals surface area contributed by atoms with Gasteiger partial charge in [-0.05, 0) is 48.8 Å². The molecule has 0 radical (unpaired) electrons. The zero-order chi connectivity index (χ0) is 13.2. The van der Waals surface area contributed by atoms with Gasteiger partial charge in [-0.15, -0.1) is 0 Å². The third-order valence-corrected chi connectivity index (χ3v) is 4.23. The number of rotatable bonds is 5. The fourth-order valence-corrected chi connectivity index (χ4v) is 3.20. The number of anilines is 1. The molecule has 0 saturated heterocycles. The molecule has 0 spiro atoms. The lowest BCUT2D eigenvalue weighted by Gasteiger charge is -2.27. The number of nitrogens with one attached hydrogen (secondary N) is 1. The summed E-state index contributed by atoms with van der Waals surface area (Å²) in [4.78, 5) is 2.70. The number of hydrogen-bond donors (Lipinski definition) is 1. The van der Waals surface area contributed by atoms with Crippen LogP contribution in [0, 0.1) is 5.92 Å². The molecule has 1 aromatic rings. The molecule has 104 valence electrons. The first-order valence-corrected chi connectivity index (χ1v) is 7.82. The van der Waals surface area contributed by atoms with E-state index in [1.807, 2.05) is 0 Å². The van der Waals surface area contributed by atoms with Gasteiger partial charge in [0.1, 0.15) is 0 Å². The predicted molar refractivity (Wildman–Crippen MR) is 81.5 cm³/mol. The maximum Gasteiger partial charge on any atom is 0.0375 e. The number of nitrogens with zero attached hydrogens (tertiary/aromatic N) is 1. The van der Waals surface area contributed by atoms with Gasteiger partial charge in [-0.2, -0.15) is 0 Å². The Morgan fingerprint density at radius 3 is 2.89 bits per heavy atom. The van der Waals surface area contributed by atoms with Crippen molar-refractivity contribution in [1.82, 2.24) is 4.90 Å². The van der Waals surface area contributed by atoms with Gasteiger partial charge in [0.2, 0.25) is 0 Å². The highest BCUT2D eigenvalue weighted by molar-refractivity contribution is 5.56. The molecule has 1 saturated carbocycles. The Morgan fingerprint density at radius 2 is 2.16 bits per heavy atom. The van der Waals surface area contributed by atoms with Crippen molar-refractivity contribution in [2.45, 2.75) is 52.1 Å². The molecule has 1 N–H and O–H groups in total. The Kier molecular flexibility index (Phi) is 3.79. The maximum absolute atomic E-state index is 3.54. The molecule has 1 fully saturated rings. The van der Waals surface area contributed by atoms with Crippen molar-refractivity contribution in [3.05, 3.63) is 29.3 Å². The molecule has 1 aromatic carbocycles. The van der Waals surface area contributed by atoms with Gasteiger partial charge in [0.05, 0.1) is 0 Å². The lowest BCUT2D eigenvalue weighted by Crippen LogP contribution is -2.30. The van der Waals surface area contributed by atoms with Gasteiger partial charge >= 0.3 is 0 Å². The fraction of sp³-hybridized carbons (Fsp3) is 0.647. The minimum atomic E-state index is 0.762. The van der Waals surface area contributed by atoms with Crippen LogP contribution in [-0.4, -0.2) is 24.0 Å². The molecular formula is C17H26N2. The number of benzene rings is 1. The van der Waals surface area contributed by atoms with Crippen LogP contribution in [0.15, 0.2) is 18.2 Å². The van der Waals surface area contributed by atoms with Gasteiger partial charge in [-0.1, -0.05) is 26.0 Å². The second kappa shape index (κ2) is 5.54. The first kappa shape index (κ1) is 13.0. The quantitative estimate of drug-likeness (QED) is 0.867. The van der Waals surface area contributed by atoms with E-state index in [9.17, 15) is 0 Å². The van der Waals surface area contributed by atoms with Crippen molar-refractivity contribution < 1.29 is 0 Å². The van der Waals surface area contributed by atoms with Crippen LogP contribution in [0.2, 0.25) is 0 Å². The molecule has 19 heavy (non-hydrogen) atoms. The monoisotopic (exact) mass is 258 g/mol. The van der Waals surface area contributed by atoms with E-state index < -0.39 is 0 Å². The SMILES string of the molecule is CC(C)CN(Cc1cccc2c1CCCN2)C1CC1. The lowest BCUT2D eigenvalue weighted by molar-refractivity contribution is 0.225. The molecule has 2 aliphatic rings. The van der Waals surface area contributed by atoms with Crippen molar-refractivity contribution in [3.63, 3.8) is 0 Å². The summed E-state index contributed by atoms with van der Waals surface area (Å²) in [5.74, 6) is 0.762. The van der Waals surface area contributed by atoms with Gasteiger partial charge in [0, 0.05) is 31.4 Å². The Labute approximate surface area is 117 Å². The minimum Gasteiger partial charge on any atom is -0.385 e. The Balaban J connectivity index is 1.77. The van der Waals surface area contributed by atoms with Crippen LogP contribution in [0.5, 0.6) is 0 Å². The third-order valence-electron chi connectivity index (χ3n) is 4.23. The average molecular weight is 258 g/mol. The topological polar surface area (TPSA) is 15.3 Å². The van der Waals surface area contributed by atoms with Gasteiger partial charge in [-0.25, -0.2) is 0 Å². The van der Waals surface area contributed by atoms with E-state index in [4.69, 9.17) is 0 Å². The third kappa shape index (κ3) is 3.11. The molecule has 3 rings (SSSR count). The van der Waals surface area contributed by atoms with E-state index in [0.29, 0.717) is 0 Å². The van der Waals surface area contributed by atoms with Crippen LogP contribution >= 0.6 is 0 Å². The molecule has 2 heteroatoms. The average Bonchev–Trinajstić information content (AvgIpc) is 3.22. The number of fused-ring (bicyclic) bond motifs is 1. The maximum atomic E-state index is 3.54. The van der Waals surface area contributed by atoms with Crippen molar-refractivity contribution in [1.29, 1.82) is 0 Å². The standard InChI is InChI=1S/C17H26N2/c1-13(2)11-19(15-8-9-15)12-14-5-3-7-17-16(14)6-4-10-18-17/h3,5,7,13,15,18H,4,6,8-12H2,1-2H3. The van der Waals surface area contributed by atoms with Crippen molar-refractivity contribution in [3.8, 4) is 0 Å².